The molecule has 0 aliphatic carbocycles. The molecular weight excluding hydrogens is 315 g/mol. The first-order valence-electron chi connectivity index (χ1n) is 6.31. The number of hydrogen-bond acceptors (Lipinski definition) is 6. The van der Waals surface area contributed by atoms with Crippen LogP contribution in [-0.2, 0) is 11.8 Å². The van der Waals surface area contributed by atoms with Crippen molar-refractivity contribution in [2.24, 2.45) is 26.4 Å². The number of nitrogens with zero attached hydrogens (tertiary/aromatic N) is 3. The predicted octanol–water partition coefficient (Wildman–Crippen LogP) is 2.00. The zero-order chi connectivity index (χ0) is 16.1. The molecule has 2 atom stereocenters. The van der Waals surface area contributed by atoms with Crippen molar-refractivity contribution in [3.63, 3.8) is 0 Å². The number of fused-ring (bicyclic) bond motifs is 1. The maximum absolute atomic E-state index is 12.8. The third-order valence-corrected chi connectivity index (χ3v) is 4.32. The van der Waals surface area contributed by atoms with Gasteiger partial charge in [-0.2, -0.15) is 13.2 Å². The highest BCUT2D eigenvalue weighted by atomic mass is 32.2. The third kappa shape index (κ3) is 2.34. The quantitative estimate of drug-likeness (QED) is 0.827. The highest BCUT2D eigenvalue weighted by Crippen LogP contribution is 2.37. The van der Waals surface area contributed by atoms with E-state index >= 15 is 0 Å². The Morgan fingerprint density at radius 2 is 2.05 bits per heavy atom. The summed E-state index contributed by atoms with van der Waals surface area (Å²) in [7, 11) is 0. The van der Waals surface area contributed by atoms with Gasteiger partial charge < -0.3 is 5.73 Å². The lowest BCUT2D eigenvalue weighted by Crippen LogP contribution is -2.47. The lowest BCUT2D eigenvalue weighted by Gasteiger charge is -2.29. The molecule has 0 fully saturated rings. The van der Waals surface area contributed by atoms with Gasteiger partial charge >= 0.3 is 6.18 Å². The van der Waals surface area contributed by atoms with Gasteiger partial charge in [-0.05, 0) is 24.6 Å². The summed E-state index contributed by atoms with van der Waals surface area (Å²) in [6, 6.07) is 3.36. The van der Waals surface area contributed by atoms with Crippen LogP contribution in [-0.4, -0.2) is 22.6 Å². The van der Waals surface area contributed by atoms with Gasteiger partial charge in [0.25, 0.3) is 0 Å². The van der Waals surface area contributed by atoms with E-state index in [2.05, 4.69) is 15.0 Å². The summed E-state index contributed by atoms with van der Waals surface area (Å²) in [5, 5.41) is 0.546. The van der Waals surface area contributed by atoms with Crippen molar-refractivity contribution in [3.8, 4) is 0 Å². The molecule has 0 spiro atoms. The van der Waals surface area contributed by atoms with Gasteiger partial charge in [0.2, 0.25) is 0 Å². The Balaban J connectivity index is 2.09. The Kier molecular flexibility index (Phi) is 3.38. The molecule has 9 heteroatoms. The molecule has 22 heavy (non-hydrogen) atoms. The average molecular weight is 327 g/mol. The smallest absolute Gasteiger partial charge is 0.301 e. The Labute approximate surface area is 128 Å². The molecule has 0 saturated heterocycles. The first kappa shape index (κ1) is 15.2. The molecule has 1 aromatic carbocycles. The molecule has 2 aliphatic heterocycles. The number of thioether (sulfide) groups is 1. The van der Waals surface area contributed by atoms with Crippen LogP contribution in [0, 0.1) is 6.92 Å². The number of nitrogens with two attached hydrogens (primary N) is 2. The van der Waals surface area contributed by atoms with Crippen molar-refractivity contribution in [1.29, 1.82) is 0 Å². The van der Waals surface area contributed by atoms with E-state index in [9.17, 15) is 13.2 Å². The Morgan fingerprint density at radius 3 is 2.68 bits per heavy atom. The zero-order valence-electron chi connectivity index (χ0n) is 11.4. The second-order valence-electron chi connectivity index (χ2n) is 4.96. The van der Waals surface area contributed by atoms with Crippen molar-refractivity contribution >= 4 is 28.9 Å². The summed E-state index contributed by atoms with van der Waals surface area (Å²) in [4.78, 5) is 12.4. The number of rotatable bonds is 1. The van der Waals surface area contributed by atoms with Crippen molar-refractivity contribution in [2.75, 3.05) is 0 Å². The van der Waals surface area contributed by atoms with Crippen LogP contribution in [0.3, 0.4) is 0 Å². The van der Waals surface area contributed by atoms with Gasteiger partial charge in [0.15, 0.2) is 11.2 Å². The second kappa shape index (κ2) is 4.90. The molecule has 0 bridgehead atoms. The van der Waals surface area contributed by atoms with Gasteiger partial charge in [-0.15, -0.1) is 0 Å². The lowest BCUT2D eigenvalue weighted by atomic mass is 9.90. The molecule has 3 rings (SSSR count). The van der Waals surface area contributed by atoms with Crippen LogP contribution in [0.5, 0.6) is 0 Å². The Hall–Kier alpha value is -1.71. The number of hydrogen-bond donors (Lipinski definition) is 2. The Bertz CT molecular complexity index is 725. The van der Waals surface area contributed by atoms with Gasteiger partial charge in [0.1, 0.15) is 17.1 Å². The van der Waals surface area contributed by atoms with Gasteiger partial charge in [0.05, 0.1) is 5.56 Å². The summed E-state index contributed by atoms with van der Waals surface area (Å²) >= 11 is 1.23. The average Bonchev–Trinajstić information content (AvgIpc) is 2.79. The molecule has 5 nitrogen and oxygen atoms in total. The first-order valence-corrected chi connectivity index (χ1v) is 7.19. The van der Waals surface area contributed by atoms with Crippen molar-refractivity contribution in [2.45, 2.75) is 24.3 Å². The van der Waals surface area contributed by atoms with E-state index in [1.54, 1.807) is 6.92 Å². The normalized spacial score (nSPS) is 27.5. The number of aliphatic imine (C=N–C) groups is 3. The number of benzene rings is 1. The summed E-state index contributed by atoms with van der Waals surface area (Å²) in [5.41, 5.74) is 10.6. The molecular formula is C13H12F3N5S. The van der Waals surface area contributed by atoms with Crippen molar-refractivity contribution in [3.05, 3.63) is 34.9 Å². The molecule has 2 heterocycles. The molecule has 4 N–H and O–H groups in total. The largest absolute Gasteiger partial charge is 0.416 e. The standard InChI is InChI=1S/C13H12F3N5S/c1-6-4-7(13(14,15)16)2-3-8(6)12(18)9-10(19-5-20-12)22-11(17)21-9/h2-5,11H,17-18H2,1H3. The maximum atomic E-state index is 12.8. The predicted molar refractivity (Wildman–Crippen MR) is 81.0 cm³/mol. The fraction of sp³-hybridized carbons (Fsp3) is 0.308. The molecule has 2 aliphatic rings. The van der Waals surface area contributed by atoms with Crippen LogP contribution >= 0.6 is 11.8 Å². The topological polar surface area (TPSA) is 89.1 Å². The third-order valence-electron chi connectivity index (χ3n) is 3.45. The van der Waals surface area contributed by atoms with Crippen LogP contribution in [0.15, 0.2) is 33.2 Å². The molecule has 116 valence electrons. The molecule has 1 aromatic rings. The van der Waals surface area contributed by atoms with Gasteiger partial charge in [-0.25, -0.2) is 9.98 Å². The van der Waals surface area contributed by atoms with E-state index in [4.69, 9.17) is 11.5 Å². The van der Waals surface area contributed by atoms with Gasteiger partial charge in [-0.3, -0.25) is 10.7 Å². The summed E-state index contributed by atoms with van der Waals surface area (Å²) < 4.78 is 38.3. The lowest BCUT2D eigenvalue weighted by molar-refractivity contribution is -0.137. The van der Waals surface area contributed by atoms with E-state index in [-0.39, 0.29) is 0 Å². The molecule has 2 unspecified atom stereocenters. The summed E-state index contributed by atoms with van der Waals surface area (Å²) in [6.07, 6.45) is -3.12. The second-order valence-corrected chi connectivity index (χ2v) is 6.06. The zero-order valence-corrected chi connectivity index (χ0v) is 12.2. The van der Waals surface area contributed by atoms with E-state index in [0.717, 1.165) is 12.1 Å². The van der Waals surface area contributed by atoms with E-state index in [1.807, 2.05) is 0 Å². The van der Waals surface area contributed by atoms with E-state index in [1.165, 1.54) is 24.2 Å². The first-order chi connectivity index (χ1) is 10.2. The van der Waals surface area contributed by atoms with Crippen molar-refractivity contribution < 1.29 is 13.2 Å². The summed E-state index contributed by atoms with van der Waals surface area (Å²) in [5.74, 6) is 0. The fourth-order valence-electron chi connectivity index (χ4n) is 2.43. The fourth-order valence-corrected chi connectivity index (χ4v) is 3.25. The molecule has 0 radical (unpaired) electrons. The number of halogens is 3. The van der Waals surface area contributed by atoms with Gasteiger partial charge in [0, 0.05) is 5.56 Å². The SMILES string of the molecule is Cc1cc(C(F)(F)F)ccc1C1(N)N=CN=C2SC(N)N=C21. The van der Waals surface area contributed by atoms with Gasteiger partial charge in [-0.1, -0.05) is 17.8 Å². The van der Waals surface area contributed by atoms with Crippen LogP contribution in [0.2, 0.25) is 0 Å². The minimum absolute atomic E-state index is 0.379. The van der Waals surface area contributed by atoms with E-state index < -0.39 is 22.9 Å². The highest BCUT2D eigenvalue weighted by Gasteiger charge is 2.43. The monoisotopic (exact) mass is 327 g/mol. The Morgan fingerprint density at radius 1 is 1.32 bits per heavy atom. The maximum Gasteiger partial charge on any atom is 0.416 e. The molecule has 0 saturated carbocycles. The summed E-state index contributed by atoms with van der Waals surface area (Å²) in [6.45, 7) is 1.56. The van der Waals surface area contributed by atoms with E-state index in [0.29, 0.717) is 21.9 Å². The minimum atomic E-state index is -4.41. The minimum Gasteiger partial charge on any atom is -0.301 e. The molecule has 0 amide bonds. The van der Waals surface area contributed by atoms with Crippen LogP contribution in [0.4, 0.5) is 13.2 Å². The molecule has 0 aromatic heterocycles. The number of aryl methyl sites for hydroxylation is 1. The van der Waals surface area contributed by atoms with Crippen LogP contribution in [0.25, 0.3) is 0 Å². The van der Waals surface area contributed by atoms with Crippen molar-refractivity contribution in [1.82, 2.24) is 0 Å². The highest BCUT2D eigenvalue weighted by molar-refractivity contribution is 8.16. The number of alkyl halides is 3. The van der Waals surface area contributed by atoms with Crippen LogP contribution < -0.4 is 11.5 Å². The van der Waals surface area contributed by atoms with Crippen LogP contribution in [0.1, 0.15) is 16.7 Å².